The number of rotatable bonds is 4. The van der Waals surface area contributed by atoms with Crippen molar-refractivity contribution in [2.24, 2.45) is 0 Å². The van der Waals surface area contributed by atoms with E-state index in [1.165, 1.54) is 13.0 Å². The Balaban J connectivity index is 2.38. The summed E-state index contributed by atoms with van der Waals surface area (Å²) >= 11 is 1.54. The monoisotopic (exact) mass is 326 g/mol. The van der Waals surface area contributed by atoms with E-state index < -0.39 is 20.7 Å². The molecule has 0 bridgehead atoms. The zero-order valence-corrected chi connectivity index (χ0v) is 13.2. The number of sulfonamides is 1. The fraction of sp³-hybridized carbons (Fsp3) is 0.143. The van der Waals surface area contributed by atoms with Crippen LogP contribution in [0.25, 0.3) is 0 Å². The summed E-state index contributed by atoms with van der Waals surface area (Å²) < 4.78 is 40.9. The van der Waals surface area contributed by atoms with Crippen molar-refractivity contribution in [3.05, 3.63) is 47.8 Å². The highest BCUT2D eigenvalue weighted by Gasteiger charge is 2.21. The molecule has 21 heavy (non-hydrogen) atoms. The van der Waals surface area contributed by atoms with Gasteiger partial charge in [-0.1, -0.05) is 0 Å². The van der Waals surface area contributed by atoms with Crippen molar-refractivity contribution in [2.45, 2.75) is 16.7 Å². The number of nitrogens with two attached hydrogens (primary N) is 1. The number of aryl methyl sites for hydroxylation is 1. The number of benzene rings is 2. The second-order valence-electron chi connectivity index (χ2n) is 4.48. The molecule has 0 unspecified atom stereocenters. The maximum absolute atomic E-state index is 14.0. The van der Waals surface area contributed by atoms with Crippen LogP contribution in [0.15, 0.2) is 46.2 Å². The van der Waals surface area contributed by atoms with E-state index in [1.54, 1.807) is 36.0 Å². The number of hydrogen-bond acceptors (Lipinski definition) is 4. The van der Waals surface area contributed by atoms with Gasteiger partial charge in [-0.05, 0) is 55.1 Å². The van der Waals surface area contributed by atoms with Crippen LogP contribution in [-0.2, 0) is 10.0 Å². The minimum absolute atomic E-state index is 0.188. The second-order valence-corrected chi connectivity index (χ2v) is 7.01. The summed E-state index contributed by atoms with van der Waals surface area (Å²) in [5.74, 6) is -0.794. The first kappa shape index (κ1) is 15.7. The molecular formula is C14H15FN2O2S2. The maximum Gasteiger partial charge on any atom is 0.264 e. The van der Waals surface area contributed by atoms with Gasteiger partial charge >= 0.3 is 0 Å². The van der Waals surface area contributed by atoms with Crippen LogP contribution in [0.5, 0.6) is 0 Å². The van der Waals surface area contributed by atoms with E-state index in [0.717, 1.165) is 11.0 Å². The summed E-state index contributed by atoms with van der Waals surface area (Å²) in [5.41, 5.74) is 6.35. The van der Waals surface area contributed by atoms with Crippen molar-refractivity contribution < 1.29 is 12.8 Å². The Hall–Kier alpha value is -1.73. The summed E-state index contributed by atoms with van der Waals surface area (Å²) in [6.45, 7) is 1.47. The third-order valence-electron chi connectivity index (χ3n) is 2.88. The third-order valence-corrected chi connectivity index (χ3v) is 5.00. The standard InChI is InChI=1S/C14H15FN2O2S2/c1-9-7-10(16)8-13(14(9)15)21(18,19)17-11-3-5-12(20-2)6-4-11/h3-8,17H,16H2,1-2H3. The molecule has 0 aliphatic heterocycles. The van der Waals surface area contributed by atoms with Crippen LogP contribution >= 0.6 is 11.8 Å². The Morgan fingerprint density at radius 2 is 1.81 bits per heavy atom. The van der Waals surface area contributed by atoms with Gasteiger partial charge < -0.3 is 5.73 Å². The highest BCUT2D eigenvalue weighted by molar-refractivity contribution is 7.98. The van der Waals surface area contributed by atoms with Gasteiger partial charge in [0.15, 0.2) is 0 Å². The van der Waals surface area contributed by atoms with Crippen LogP contribution in [0.2, 0.25) is 0 Å². The largest absolute Gasteiger partial charge is 0.399 e. The van der Waals surface area contributed by atoms with Gasteiger partial charge in [0.1, 0.15) is 10.7 Å². The lowest BCUT2D eigenvalue weighted by Gasteiger charge is -2.11. The molecule has 112 valence electrons. The molecule has 2 rings (SSSR count). The van der Waals surface area contributed by atoms with Crippen molar-refractivity contribution in [3.63, 3.8) is 0 Å². The minimum Gasteiger partial charge on any atom is -0.399 e. The van der Waals surface area contributed by atoms with Gasteiger partial charge in [0.05, 0.1) is 0 Å². The first-order valence-corrected chi connectivity index (χ1v) is 8.77. The highest BCUT2D eigenvalue weighted by atomic mass is 32.2. The first-order valence-electron chi connectivity index (χ1n) is 6.06. The lowest BCUT2D eigenvalue weighted by Crippen LogP contribution is -2.15. The summed E-state index contributed by atoms with van der Waals surface area (Å²) in [4.78, 5) is 0.554. The average molecular weight is 326 g/mol. The molecule has 2 aromatic rings. The zero-order chi connectivity index (χ0) is 15.6. The number of anilines is 2. The minimum atomic E-state index is -4.02. The van der Waals surface area contributed by atoms with Crippen LogP contribution in [0.4, 0.5) is 15.8 Å². The highest BCUT2D eigenvalue weighted by Crippen LogP contribution is 2.25. The molecule has 0 radical (unpaired) electrons. The number of halogens is 1. The fourth-order valence-electron chi connectivity index (χ4n) is 1.83. The molecule has 0 saturated carbocycles. The number of hydrogen-bond donors (Lipinski definition) is 2. The summed E-state index contributed by atoms with van der Waals surface area (Å²) in [6, 6.07) is 9.32. The maximum atomic E-state index is 14.0. The Kier molecular flexibility index (Phi) is 4.43. The molecule has 0 aliphatic carbocycles. The smallest absolute Gasteiger partial charge is 0.264 e. The molecule has 0 aromatic heterocycles. The molecule has 0 atom stereocenters. The first-order chi connectivity index (χ1) is 9.83. The van der Waals surface area contributed by atoms with Gasteiger partial charge in [0.2, 0.25) is 0 Å². The SMILES string of the molecule is CSc1ccc(NS(=O)(=O)c2cc(N)cc(C)c2F)cc1. The van der Waals surface area contributed by atoms with Crippen molar-refractivity contribution in [1.29, 1.82) is 0 Å². The quantitative estimate of drug-likeness (QED) is 0.668. The average Bonchev–Trinajstić information content (AvgIpc) is 2.43. The van der Waals surface area contributed by atoms with Crippen LogP contribution in [0.3, 0.4) is 0 Å². The fourth-order valence-corrected chi connectivity index (χ4v) is 3.48. The zero-order valence-electron chi connectivity index (χ0n) is 11.6. The Morgan fingerprint density at radius 1 is 1.19 bits per heavy atom. The second kappa shape index (κ2) is 5.95. The molecule has 4 nitrogen and oxygen atoms in total. The van der Waals surface area contributed by atoms with Gasteiger partial charge in [-0.25, -0.2) is 12.8 Å². The van der Waals surface area contributed by atoms with Crippen molar-refractivity contribution in [3.8, 4) is 0 Å². The van der Waals surface area contributed by atoms with Crippen molar-refractivity contribution >= 4 is 33.2 Å². The normalized spacial score (nSPS) is 11.4. The molecule has 2 aromatic carbocycles. The molecule has 0 fully saturated rings. The third kappa shape index (κ3) is 3.48. The van der Waals surface area contributed by atoms with Crippen LogP contribution in [-0.4, -0.2) is 14.7 Å². The van der Waals surface area contributed by atoms with Crippen LogP contribution in [0, 0.1) is 12.7 Å². The van der Waals surface area contributed by atoms with Gasteiger partial charge in [0, 0.05) is 16.3 Å². The Morgan fingerprint density at radius 3 is 2.38 bits per heavy atom. The van der Waals surface area contributed by atoms with E-state index in [-0.39, 0.29) is 11.3 Å². The number of nitrogens with one attached hydrogen (secondary N) is 1. The molecule has 0 heterocycles. The van der Waals surface area contributed by atoms with Gasteiger partial charge in [-0.2, -0.15) is 0 Å². The van der Waals surface area contributed by atoms with E-state index >= 15 is 0 Å². The molecule has 3 N–H and O–H groups in total. The Bertz CT molecular complexity index is 759. The van der Waals surface area contributed by atoms with E-state index in [9.17, 15) is 12.8 Å². The molecule has 7 heteroatoms. The topological polar surface area (TPSA) is 72.2 Å². The van der Waals surface area contributed by atoms with E-state index in [0.29, 0.717) is 5.69 Å². The lowest BCUT2D eigenvalue weighted by atomic mass is 10.2. The molecule has 0 aliphatic rings. The summed E-state index contributed by atoms with van der Waals surface area (Å²) in [6.07, 6.45) is 1.92. The van der Waals surface area contributed by atoms with E-state index in [1.807, 2.05) is 6.26 Å². The van der Waals surface area contributed by atoms with E-state index in [4.69, 9.17) is 5.73 Å². The van der Waals surface area contributed by atoms with Crippen molar-refractivity contribution in [1.82, 2.24) is 0 Å². The summed E-state index contributed by atoms with van der Waals surface area (Å²) in [5, 5.41) is 0. The van der Waals surface area contributed by atoms with Gasteiger partial charge in [-0.15, -0.1) is 11.8 Å². The molecule has 0 spiro atoms. The van der Waals surface area contributed by atoms with Crippen LogP contribution in [0.1, 0.15) is 5.56 Å². The van der Waals surface area contributed by atoms with Crippen molar-refractivity contribution in [2.75, 3.05) is 16.7 Å². The lowest BCUT2D eigenvalue weighted by molar-refractivity contribution is 0.565. The van der Waals surface area contributed by atoms with Crippen LogP contribution < -0.4 is 10.5 Å². The molecule has 0 saturated heterocycles. The summed E-state index contributed by atoms with van der Waals surface area (Å²) in [7, 11) is -4.02. The number of thioether (sulfide) groups is 1. The van der Waals surface area contributed by atoms with E-state index in [2.05, 4.69) is 4.72 Å². The number of nitrogen functional groups attached to an aromatic ring is 1. The van der Waals surface area contributed by atoms with Gasteiger partial charge in [0.25, 0.3) is 10.0 Å². The molecular weight excluding hydrogens is 311 g/mol. The predicted octanol–water partition coefficient (Wildman–Crippen LogP) is 3.24. The van der Waals surface area contributed by atoms with Gasteiger partial charge in [-0.3, -0.25) is 4.72 Å². The molecule has 0 amide bonds. The predicted molar refractivity (Wildman–Crippen MR) is 84.6 cm³/mol. The Labute approximate surface area is 127 Å².